The van der Waals surface area contributed by atoms with Crippen LogP contribution in [0.2, 0.25) is 0 Å². The van der Waals surface area contributed by atoms with Gasteiger partial charge in [-0.2, -0.15) is 15.0 Å². The monoisotopic (exact) mass is 219 g/mol. The molecule has 0 amide bonds. The zero-order chi connectivity index (χ0) is 9.45. The first kappa shape index (κ1) is 16.3. The van der Waals surface area contributed by atoms with Crippen molar-refractivity contribution in [2.45, 2.75) is 6.92 Å². The van der Waals surface area contributed by atoms with E-state index in [-0.39, 0.29) is 35.3 Å². The van der Waals surface area contributed by atoms with Crippen LogP contribution in [-0.4, -0.2) is 38.4 Å². The molecule has 0 atom stereocenters. The molecule has 1 saturated heterocycles. The van der Waals surface area contributed by atoms with Gasteiger partial charge < -0.3 is 10.1 Å². The predicted octanol–water partition coefficient (Wildman–Crippen LogP) is -3.33. The van der Waals surface area contributed by atoms with Gasteiger partial charge in [0.1, 0.15) is 0 Å². The van der Waals surface area contributed by atoms with Crippen LogP contribution in [0.1, 0.15) is 6.92 Å². The first-order valence-electron chi connectivity index (χ1n) is 3.65. The Bertz CT molecular complexity index is 179. The molecule has 0 unspecified atom stereocenters. The molecule has 0 aromatic carbocycles. The number of nitrogens with one attached hydrogen (secondary N) is 1. The van der Waals surface area contributed by atoms with Crippen molar-refractivity contribution in [2.75, 3.05) is 25.4 Å². The molecule has 13 heavy (non-hydrogen) atoms. The SMILES string of the molecule is CCS(=O)(=O)O.[CH-]1CNCCO1.[Na+]. The summed E-state index contributed by atoms with van der Waals surface area (Å²) in [6, 6.07) is 0. The van der Waals surface area contributed by atoms with E-state index in [2.05, 4.69) is 5.32 Å². The van der Waals surface area contributed by atoms with E-state index >= 15 is 0 Å². The normalized spacial score (nSPS) is 16.5. The van der Waals surface area contributed by atoms with Crippen molar-refractivity contribution < 1.29 is 47.3 Å². The van der Waals surface area contributed by atoms with Gasteiger partial charge in [-0.05, 0) is 6.92 Å². The maximum absolute atomic E-state index is 9.56. The molecule has 0 radical (unpaired) electrons. The molecular formula is C6H14NNaO4S. The third-order valence-electron chi connectivity index (χ3n) is 1.11. The van der Waals surface area contributed by atoms with Gasteiger partial charge in [0.05, 0.1) is 5.75 Å². The molecule has 74 valence electrons. The van der Waals surface area contributed by atoms with Crippen molar-refractivity contribution in [1.82, 2.24) is 5.32 Å². The quantitative estimate of drug-likeness (QED) is 0.274. The van der Waals surface area contributed by atoms with E-state index < -0.39 is 10.1 Å². The van der Waals surface area contributed by atoms with Crippen molar-refractivity contribution in [2.24, 2.45) is 0 Å². The van der Waals surface area contributed by atoms with E-state index in [0.717, 1.165) is 19.7 Å². The Kier molecular flexibility index (Phi) is 11.7. The fourth-order valence-corrected chi connectivity index (χ4v) is 0.434. The maximum Gasteiger partial charge on any atom is 1.00 e. The minimum absolute atomic E-state index is 0. The second-order valence-electron chi connectivity index (χ2n) is 2.11. The summed E-state index contributed by atoms with van der Waals surface area (Å²) in [5, 5.41) is 3.10. The van der Waals surface area contributed by atoms with Crippen molar-refractivity contribution in [3.05, 3.63) is 6.61 Å². The summed E-state index contributed by atoms with van der Waals surface area (Å²) in [6.07, 6.45) is 0. The summed E-state index contributed by atoms with van der Waals surface area (Å²) >= 11 is 0. The summed E-state index contributed by atoms with van der Waals surface area (Å²) < 4.78 is 31.8. The summed E-state index contributed by atoms with van der Waals surface area (Å²) in [7, 11) is -3.66. The van der Waals surface area contributed by atoms with Gasteiger partial charge in [0.25, 0.3) is 10.1 Å². The third-order valence-corrected chi connectivity index (χ3v) is 1.84. The second kappa shape index (κ2) is 9.39. The molecule has 0 bridgehead atoms. The summed E-state index contributed by atoms with van der Waals surface area (Å²) in [6.45, 7) is 5.88. The smallest absolute Gasteiger partial charge is 0.550 e. The summed E-state index contributed by atoms with van der Waals surface area (Å²) in [5.41, 5.74) is 0. The predicted molar refractivity (Wildman–Crippen MR) is 45.2 cm³/mol. The summed E-state index contributed by atoms with van der Waals surface area (Å²) in [5.74, 6) is -0.201. The van der Waals surface area contributed by atoms with E-state index in [1.165, 1.54) is 6.92 Å². The standard InChI is InChI=1S/C4H8NO.C2H6O3S.Na/c1-3-6-4-2-5-1;1-2-6(3,4)5;/h3,5H,1-2,4H2;2H2,1H3,(H,3,4,5);/q-1;;+1. The third kappa shape index (κ3) is 15.6. The molecule has 1 aliphatic rings. The number of hydrogen-bond donors (Lipinski definition) is 2. The van der Waals surface area contributed by atoms with Gasteiger partial charge in [-0.25, -0.2) is 0 Å². The van der Waals surface area contributed by atoms with Crippen LogP contribution in [0.25, 0.3) is 0 Å². The minimum Gasteiger partial charge on any atom is -0.550 e. The van der Waals surface area contributed by atoms with Gasteiger partial charge in [-0.1, -0.05) is 0 Å². The van der Waals surface area contributed by atoms with Crippen LogP contribution < -0.4 is 34.9 Å². The molecule has 0 spiro atoms. The van der Waals surface area contributed by atoms with E-state index in [9.17, 15) is 8.42 Å². The fourth-order valence-electron chi connectivity index (χ4n) is 0.434. The average molecular weight is 219 g/mol. The molecule has 0 saturated carbocycles. The Hall–Kier alpha value is 0.830. The number of ether oxygens (including phenoxy) is 1. The van der Waals surface area contributed by atoms with Gasteiger partial charge in [0.15, 0.2) is 0 Å². The Morgan fingerprint density at radius 3 is 2.23 bits per heavy atom. The van der Waals surface area contributed by atoms with Crippen molar-refractivity contribution in [3.8, 4) is 0 Å². The Morgan fingerprint density at radius 1 is 1.62 bits per heavy atom. The summed E-state index contributed by atoms with van der Waals surface area (Å²) in [4.78, 5) is 0. The van der Waals surface area contributed by atoms with Crippen LogP contribution in [-0.2, 0) is 14.9 Å². The average Bonchev–Trinajstić information content (AvgIpc) is 2.07. The Balaban J connectivity index is 0. The molecular weight excluding hydrogens is 205 g/mol. The molecule has 0 aliphatic carbocycles. The second-order valence-corrected chi connectivity index (χ2v) is 3.85. The van der Waals surface area contributed by atoms with Gasteiger partial charge in [0.2, 0.25) is 0 Å². The molecule has 7 heteroatoms. The number of morpholine rings is 1. The zero-order valence-electron chi connectivity index (χ0n) is 7.99. The van der Waals surface area contributed by atoms with Crippen LogP contribution in [0.5, 0.6) is 0 Å². The van der Waals surface area contributed by atoms with Crippen LogP contribution in [0, 0.1) is 6.61 Å². The Labute approximate surface area is 101 Å². The Morgan fingerprint density at radius 2 is 2.15 bits per heavy atom. The van der Waals surface area contributed by atoms with E-state index in [1.807, 2.05) is 0 Å². The zero-order valence-corrected chi connectivity index (χ0v) is 10.8. The van der Waals surface area contributed by atoms with Gasteiger partial charge in [-0.3, -0.25) is 4.55 Å². The fraction of sp³-hybridized carbons (Fsp3) is 0.833. The van der Waals surface area contributed by atoms with Gasteiger partial charge in [0, 0.05) is 13.2 Å². The number of hydrogen-bond acceptors (Lipinski definition) is 4. The van der Waals surface area contributed by atoms with Crippen LogP contribution in [0.4, 0.5) is 0 Å². The number of rotatable bonds is 1. The van der Waals surface area contributed by atoms with E-state index in [1.54, 1.807) is 6.61 Å². The molecule has 1 aliphatic heterocycles. The molecule has 0 aromatic heterocycles. The van der Waals surface area contributed by atoms with Gasteiger partial charge in [-0.15, -0.1) is 6.54 Å². The molecule has 1 fully saturated rings. The van der Waals surface area contributed by atoms with E-state index in [4.69, 9.17) is 9.29 Å². The minimum atomic E-state index is -3.66. The molecule has 0 aromatic rings. The maximum atomic E-state index is 9.56. The van der Waals surface area contributed by atoms with Gasteiger partial charge >= 0.3 is 29.6 Å². The molecule has 5 nitrogen and oxygen atoms in total. The van der Waals surface area contributed by atoms with Crippen LogP contribution in [0.3, 0.4) is 0 Å². The first-order valence-corrected chi connectivity index (χ1v) is 5.26. The van der Waals surface area contributed by atoms with Crippen molar-refractivity contribution in [3.63, 3.8) is 0 Å². The molecule has 1 heterocycles. The van der Waals surface area contributed by atoms with Crippen LogP contribution in [0.15, 0.2) is 0 Å². The first-order chi connectivity index (χ1) is 5.56. The topological polar surface area (TPSA) is 75.6 Å². The van der Waals surface area contributed by atoms with E-state index in [0.29, 0.717) is 0 Å². The van der Waals surface area contributed by atoms with Crippen molar-refractivity contribution in [1.29, 1.82) is 0 Å². The molecule has 2 N–H and O–H groups in total. The largest absolute Gasteiger partial charge is 1.00 e. The van der Waals surface area contributed by atoms with Crippen molar-refractivity contribution >= 4 is 10.1 Å². The molecule has 1 rings (SSSR count). The van der Waals surface area contributed by atoms with Crippen LogP contribution >= 0.6 is 0 Å².